The van der Waals surface area contributed by atoms with E-state index in [1.54, 1.807) is 12.3 Å². The van der Waals surface area contributed by atoms with Crippen molar-refractivity contribution in [2.75, 3.05) is 5.32 Å². The highest BCUT2D eigenvalue weighted by atomic mass is 32.2. The Kier molecular flexibility index (Phi) is 5.48. The predicted molar refractivity (Wildman–Crippen MR) is 115 cm³/mol. The average Bonchev–Trinajstić information content (AvgIpc) is 3.39. The Morgan fingerprint density at radius 1 is 1.03 bits per heavy atom. The van der Waals surface area contributed by atoms with Crippen LogP contribution in [0.4, 0.5) is 5.69 Å². The first-order valence-corrected chi connectivity index (χ1v) is 10.1. The molecule has 0 aliphatic rings. The van der Waals surface area contributed by atoms with Gasteiger partial charge in [0.15, 0.2) is 16.7 Å². The largest absolute Gasteiger partial charge is 0.461 e. The van der Waals surface area contributed by atoms with Gasteiger partial charge in [0.25, 0.3) is 0 Å². The van der Waals surface area contributed by atoms with Gasteiger partial charge in [-0.3, -0.25) is 4.79 Å². The normalized spacial score (nSPS) is 11.9. The summed E-state index contributed by atoms with van der Waals surface area (Å²) in [4.78, 5) is 12.8. The molecule has 1 amide bonds. The van der Waals surface area contributed by atoms with E-state index in [0.717, 1.165) is 16.8 Å². The van der Waals surface area contributed by atoms with Gasteiger partial charge in [0.1, 0.15) is 0 Å². The van der Waals surface area contributed by atoms with Crippen LogP contribution < -0.4 is 5.32 Å². The number of anilines is 1. The lowest BCUT2D eigenvalue weighted by Gasteiger charge is -2.14. The highest BCUT2D eigenvalue weighted by molar-refractivity contribution is 8.00. The summed E-state index contributed by atoms with van der Waals surface area (Å²) in [6, 6.07) is 21.4. The molecule has 0 spiro atoms. The zero-order valence-corrected chi connectivity index (χ0v) is 16.9. The number of rotatable bonds is 6. The van der Waals surface area contributed by atoms with Crippen LogP contribution in [0, 0.1) is 0 Å². The van der Waals surface area contributed by atoms with Crippen LogP contribution in [-0.4, -0.2) is 25.9 Å². The van der Waals surface area contributed by atoms with Crippen LogP contribution in [0.1, 0.15) is 6.92 Å². The molecule has 29 heavy (non-hydrogen) atoms. The van der Waals surface area contributed by atoms with Gasteiger partial charge in [-0.1, -0.05) is 60.3 Å². The van der Waals surface area contributed by atoms with E-state index in [2.05, 4.69) is 15.5 Å². The van der Waals surface area contributed by atoms with E-state index >= 15 is 0 Å². The van der Waals surface area contributed by atoms with Crippen molar-refractivity contribution in [1.82, 2.24) is 14.8 Å². The number of hydrogen-bond acceptors (Lipinski definition) is 5. The quantitative estimate of drug-likeness (QED) is 0.465. The van der Waals surface area contributed by atoms with Gasteiger partial charge < -0.3 is 14.3 Å². The topological polar surface area (TPSA) is 73.0 Å². The predicted octanol–water partition coefficient (Wildman–Crippen LogP) is 4.86. The van der Waals surface area contributed by atoms with E-state index in [9.17, 15) is 4.79 Å². The Morgan fingerprint density at radius 3 is 2.55 bits per heavy atom. The molecule has 0 bridgehead atoms. The van der Waals surface area contributed by atoms with Crippen LogP contribution in [0.5, 0.6) is 0 Å². The molecule has 2 aromatic heterocycles. The smallest absolute Gasteiger partial charge is 0.237 e. The van der Waals surface area contributed by atoms with Crippen LogP contribution >= 0.6 is 11.8 Å². The summed E-state index contributed by atoms with van der Waals surface area (Å²) in [7, 11) is 1.86. The molecular weight excluding hydrogens is 384 g/mol. The van der Waals surface area contributed by atoms with Crippen molar-refractivity contribution in [1.29, 1.82) is 0 Å². The van der Waals surface area contributed by atoms with Crippen LogP contribution in [0.3, 0.4) is 0 Å². The van der Waals surface area contributed by atoms with Gasteiger partial charge in [0, 0.05) is 18.3 Å². The number of amides is 1. The van der Waals surface area contributed by atoms with Crippen molar-refractivity contribution in [3.05, 3.63) is 73.0 Å². The molecular formula is C22H20N4O2S. The van der Waals surface area contributed by atoms with Crippen molar-refractivity contribution in [2.45, 2.75) is 17.3 Å². The zero-order chi connectivity index (χ0) is 20.2. The zero-order valence-electron chi connectivity index (χ0n) is 16.1. The number of thioether (sulfide) groups is 1. The fourth-order valence-corrected chi connectivity index (χ4v) is 3.76. The molecule has 0 radical (unpaired) electrons. The first kappa shape index (κ1) is 19.0. The monoisotopic (exact) mass is 404 g/mol. The number of benzene rings is 2. The standard InChI is InChI=1S/C22H20N4O2S/c1-15(29-22-25-24-20(26(22)2)19-13-8-14-28-19)21(27)23-18-12-7-6-11-17(18)16-9-4-3-5-10-16/h3-15H,1-2H3,(H,23,27). The Hall–Kier alpha value is -3.32. The minimum absolute atomic E-state index is 0.0964. The van der Waals surface area contributed by atoms with E-state index in [-0.39, 0.29) is 11.2 Å². The lowest BCUT2D eigenvalue weighted by molar-refractivity contribution is -0.115. The van der Waals surface area contributed by atoms with Crippen molar-refractivity contribution in [3.8, 4) is 22.7 Å². The molecule has 1 atom stereocenters. The average molecular weight is 404 g/mol. The van der Waals surface area contributed by atoms with Crippen LogP contribution in [0.25, 0.3) is 22.7 Å². The SMILES string of the molecule is CC(Sc1nnc(-c2ccco2)n1C)C(=O)Nc1ccccc1-c1ccccc1. The maximum Gasteiger partial charge on any atom is 0.237 e. The van der Waals surface area contributed by atoms with Crippen molar-refractivity contribution >= 4 is 23.4 Å². The molecule has 0 fully saturated rings. The lowest BCUT2D eigenvalue weighted by Crippen LogP contribution is -2.23. The number of carbonyl (C=O) groups is 1. The second-order valence-corrected chi connectivity index (χ2v) is 7.81. The van der Waals surface area contributed by atoms with Gasteiger partial charge in [0.05, 0.1) is 11.5 Å². The van der Waals surface area contributed by atoms with Gasteiger partial charge in [-0.15, -0.1) is 10.2 Å². The summed E-state index contributed by atoms with van der Waals surface area (Å²) >= 11 is 1.35. The number of aromatic nitrogens is 3. The van der Waals surface area contributed by atoms with E-state index in [1.165, 1.54) is 11.8 Å². The molecule has 4 aromatic rings. The molecule has 0 aliphatic heterocycles. The maximum absolute atomic E-state index is 12.8. The third-order valence-electron chi connectivity index (χ3n) is 4.50. The van der Waals surface area contributed by atoms with Gasteiger partial charge in [-0.2, -0.15) is 0 Å². The fraction of sp³-hybridized carbons (Fsp3) is 0.136. The van der Waals surface area contributed by atoms with Gasteiger partial charge in [0.2, 0.25) is 5.91 Å². The molecule has 1 N–H and O–H groups in total. The lowest BCUT2D eigenvalue weighted by atomic mass is 10.0. The van der Waals surface area contributed by atoms with Crippen LogP contribution in [0.15, 0.2) is 82.6 Å². The first-order chi connectivity index (χ1) is 14.1. The molecule has 146 valence electrons. The van der Waals surface area contributed by atoms with E-state index in [0.29, 0.717) is 16.7 Å². The van der Waals surface area contributed by atoms with E-state index in [4.69, 9.17) is 4.42 Å². The van der Waals surface area contributed by atoms with Crippen molar-refractivity contribution in [3.63, 3.8) is 0 Å². The Bertz CT molecular complexity index is 1110. The molecule has 7 heteroatoms. The molecule has 4 rings (SSSR count). The molecule has 0 saturated carbocycles. The number of hydrogen-bond donors (Lipinski definition) is 1. The van der Waals surface area contributed by atoms with Gasteiger partial charge in [-0.05, 0) is 30.7 Å². The van der Waals surface area contributed by atoms with Crippen LogP contribution in [0.2, 0.25) is 0 Å². The Balaban J connectivity index is 1.49. The Morgan fingerprint density at radius 2 is 1.79 bits per heavy atom. The first-order valence-electron chi connectivity index (χ1n) is 9.18. The van der Waals surface area contributed by atoms with Crippen molar-refractivity contribution < 1.29 is 9.21 Å². The van der Waals surface area contributed by atoms with E-state index in [1.807, 2.05) is 79.2 Å². The molecule has 0 saturated heterocycles. The number of furan rings is 1. The summed E-state index contributed by atoms with van der Waals surface area (Å²) < 4.78 is 7.21. The molecule has 2 aromatic carbocycles. The third kappa shape index (κ3) is 4.09. The number of nitrogens with one attached hydrogen (secondary N) is 1. The number of nitrogens with zero attached hydrogens (tertiary/aromatic N) is 3. The maximum atomic E-state index is 12.8. The van der Waals surface area contributed by atoms with Gasteiger partial charge >= 0.3 is 0 Å². The molecule has 2 heterocycles. The number of para-hydroxylation sites is 1. The van der Waals surface area contributed by atoms with Crippen LogP contribution in [-0.2, 0) is 11.8 Å². The second kappa shape index (κ2) is 8.36. The summed E-state index contributed by atoms with van der Waals surface area (Å²) in [6.07, 6.45) is 1.59. The molecule has 1 unspecified atom stereocenters. The Labute approximate surface area is 173 Å². The van der Waals surface area contributed by atoms with E-state index < -0.39 is 0 Å². The minimum atomic E-state index is -0.355. The third-order valence-corrected chi connectivity index (χ3v) is 5.63. The molecule has 6 nitrogen and oxygen atoms in total. The fourth-order valence-electron chi connectivity index (χ4n) is 2.95. The molecule has 0 aliphatic carbocycles. The van der Waals surface area contributed by atoms with Crippen molar-refractivity contribution in [2.24, 2.45) is 7.05 Å². The summed E-state index contributed by atoms with van der Waals surface area (Å²) in [5.74, 6) is 1.17. The second-order valence-electron chi connectivity index (χ2n) is 6.50. The van der Waals surface area contributed by atoms with Gasteiger partial charge in [-0.25, -0.2) is 0 Å². The highest BCUT2D eigenvalue weighted by Gasteiger charge is 2.21. The summed E-state index contributed by atoms with van der Waals surface area (Å²) in [6.45, 7) is 1.85. The number of carbonyl (C=O) groups excluding carboxylic acids is 1. The summed E-state index contributed by atoms with van der Waals surface area (Å²) in [5.41, 5.74) is 2.82. The highest BCUT2D eigenvalue weighted by Crippen LogP contribution is 2.30. The minimum Gasteiger partial charge on any atom is -0.461 e. The summed E-state index contributed by atoms with van der Waals surface area (Å²) in [5, 5.41) is 11.7.